The van der Waals surface area contributed by atoms with E-state index >= 15 is 0 Å². The molecule has 1 heterocycles. The second-order valence-corrected chi connectivity index (χ2v) is 6.44. The van der Waals surface area contributed by atoms with Crippen molar-refractivity contribution in [2.45, 2.75) is 20.3 Å². The lowest BCUT2D eigenvalue weighted by Crippen LogP contribution is -1.90. The SMILES string of the molecule is Cc1ccc(C)c(Cc2cc3ccc(OCF)cc3s2)c1. The van der Waals surface area contributed by atoms with Gasteiger partial charge in [0.05, 0.1) is 0 Å². The number of ether oxygens (including phenoxy) is 1. The zero-order valence-corrected chi connectivity index (χ0v) is 13.0. The largest absolute Gasteiger partial charge is 0.463 e. The maximum Gasteiger partial charge on any atom is 0.228 e. The third-order valence-corrected chi connectivity index (χ3v) is 4.73. The van der Waals surface area contributed by atoms with Gasteiger partial charge in [-0.05, 0) is 54.6 Å². The zero-order chi connectivity index (χ0) is 14.8. The third-order valence-electron chi connectivity index (χ3n) is 3.63. The average molecular weight is 300 g/mol. The number of rotatable bonds is 4. The highest BCUT2D eigenvalue weighted by molar-refractivity contribution is 7.19. The van der Waals surface area contributed by atoms with E-state index in [9.17, 15) is 4.39 Å². The number of aryl methyl sites for hydroxylation is 2. The van der Waals surface area contributed by atoms with Gasteiger partial charge >= 0.3 is 0 Å². The van der Waals surface area contributed by atoms with Crippen molar-refractivity contribution in [3.05, 3.63) is 64.0 Å². The van der Waals surface area contributed by atoms with E-state index in [1.807, 2.05) is 18.2 Å². The number of benzene rings is 2. The number of alkyl halides is 1. The first-order valence-electron chi connectivity index (χ1n) is 6.93. The van der Waals surface area contributed by atoms with Crippen LogP contribution >= 0.6 is 11.3 Å². The van der Waals surface area contributed by atoms with Gasteiger partial charge in [0.1, 0.15) is 5.75 Å². The van der Waals surface area contributed by atoms with Gasteiger partial charge in [0.2, 0.25) is 6.86 Å². The standard InChI is InChI=1S/C18H17FOS/c1-12-3-4-13(2)15(7-12)9-17-8-14-5-6-16(20-11-19)10-18(14)21-17/h3-8,10H,9,11H2,1-2H3. The summed E-state index contributed by atoms with van der Waals surface area (Å²) in [6.07, 6.45) is 0.937. The Morgan fingerprint density at radius 1 is 1.05 bits per heavy atom. The lowest BCUT2D eigenvalue weighted by Gasteiger charge is -2.05. The topological polar surface area (TPSA) is 9.23 Å². The molecule has 0 N–H and O–H groups in total. The summed E-state index contributed by atoms with van der Waals surface area (Å²) >= 11 is 1.74. The minimum Gasteiger partial charge on any atom is -0.463 e. The van der Waals surface area contributed by atoms with Gasteiger partial charge in [-0.3, -0.25) is 0 Å². The van der Waals surface area contributed by atoms with Gasteiger partial charge in [0.15, 0.2) is 0 Å². The first-order valence-corrected chi connectivity index (χ1v) is 7.75. The van der Waals surface area contributed by atoms with Crippen molar-refractivity contribution < 1.29 is 9.13 Å². The summed E-state index contributed by atoms with van der Waals surface area (Å²) in [5, 5.41) is 1.19. The predicted octanol–water partition coefficient (Wildman–Crippen LogP) is 5.41. The van der Waals surface area contributed by atoms with Crippen molar-refractivity contribution in [2.75, 3.05) is 6.86 Å². The normalized spacial score (nSPS) is 11.0. The fourth-order valence-electron chi connectivity index (χ4n) is 2.48. The summed E-state index contributed by atoms with van der Waals surface area (Å²) in [7, 11) is 0. The molecule has 0 atom stereocenters. The Labute approximate surface area is 128 Å². The second kappa shape index (κ2) is 5.86. The monoisotopic (exact) mass is 300 g/mol. The molecular formula is C18H17FOS. The van der Waals surface area contributed by atoms with Crippen molar-refractivity contribution >= 4 is 21.4 Å². The van der Waals surface area contributed by atoms with Gasteiger partial charge in [0.25, 0.3) is 0 Å². The smallest absolute Gasteiger partial charge is 0.228 e. The molecule has 3 aromatic rings. The lowest BCUT2D eigenvalue weighted by molar-refractivity contribution is 0.192. The molecule has 0 aliphatic heterocycles. The van der Waals surface area contributed by atoms with Gasteiger partial charge < -0.3 is 4.74 Å². The fraction of sp³-hybridized carbons (Fsp3) is 0.222. The molecule has 3 rings (SSSR count). The Bertz CT molecular complexity index is 776. The third kappa shape index (κ3) is 3.08. The minimum absolute atomic E-state index is 0.588. The van der Waals surface area contributed by atoms with Crippen LogP contribution in [0.5, 0.6) is 5.75 Å². The van der Waals surface area contributed by atoms with E-state index in [1.54, 1.807) is 11.3 Å². The van der Waals surface area contributed by atoms with Crippen molar-refractivity contribution in [1.29, 1.82) is 0 Å². The number of thiophene rings is 1. The molecule has 0 bridgehead atoms. The zero-order valence-electron chi connectivity index (χ0n) is 12.2. The lowest BCUT2D eigenvalue weighted by atomic mass is 10.0. The Morgan fingerprint density at radius 3 is 2.71 bits per heavy atom. The molecule has 0 spiro atoms. The van der Waals surface area contributed by atoms with Crippen LogP contribution in [0.25, 0.3) is 10.1 Å². The average Bonchev–Trinajstić information content (AvgIpc) is 2.85. The molecule has 0 aliphatic carbocycles. The van der Waals surface area contributed by atoms with E-state index in [-0.39, 0.29) is 0 Å². The summed E-state index contributed by atoms with van der Waals surface area (Å²) in [5.41, 5.74) is 3.97. The first-order chi connectivity index (χ1) is 10.2. The van der Waals surface area contributed by atoms with Gasteiger partial charge in [-0.2, -0.15) is 0 Å². The minimum atomic E-state index is -0.785. The molecule has 21 heavy (non-hydrogen) atoms. The maximum absolute atomic E-state index is 12.2. The first kappa shape index (κ1) is 14.1. The molecule has 0 fully saturated rings. The fourth-order valence-corrected chi connectivity index (χ4v) is 3.60. The van der Waals surface area contributed by atoms with Crippen LogP contribution < -0.4 is 4.74 Å². The summed E-state index contributed by atoms with van der Waals surface area (Å²) in [6.45, 7) is 3.48. The van der Waals surface area contributed by atoms with Crippen LogP contribution in [0.1, 0.15) is 21.6 Å². The Hall–Kier alpha value is -1.87. The molecule has 0 saturated carbocycles. The van der Waals surface area contributed by atoms with Crippen LogP contribution in [-0.4, -0.2) is 6.86 Å². The van der Waals surface area contributed by atoms with E-state index < -0.39 is 6.86 Å². The van der Waals surface area contributed by atoms with Crippen LogP contribution in [0.3, 0.4) is 0 Å². The molecule has 2 aromatic carbocycles. The summed E-state index contributed by atoms with van der Waals surface area (Å²) in [4.78, 5) is 1.32. The number of hydrogen-bond acceptors (Lipinski definition) is 2. The van der Waals surface area contributed by atoms with Crippen LogP contribution in [0, 0.1) is 13.8 Å². The van der Waals surface area contributed by atoms with E-state index in [0.29, 0.717) is 5.75 Å². The highest BCUT2D eigenvalue weighted by Crippen LogP contribution is 2.31. The van der Waals surface area contributed by atoms with Crippen molar-refractivity contribution in [1.82, 2.24) is 0 Å². The molecule has 108 valence electrons. The quantitative estimate of drug-likeness (QED) is 0.625. The Kier molecular flexibility index (Phi) is 3.93. The summed E-state index contributed by atoms with van der Waals surface area (Å²) in [5.74, 6) is 0.588. The molecule has 0 amide bonds. The Morgan fingerprint density at radius 2 is 1.90 bits per heavy atom. The predicted molar refractivity (Wildman–Crippen MR) is 87.2 cm³/mol. The van der Waals surface area contributed by atoms with Crippen molar-refractivity contribution in [3.8, 4) is 5.75 Å². The van der Waals surface area contributed by atoms with Crippen LogP contribution in [0.15, 0.2) is 42.5 Å². The van der Waals surface area contributed by atoms with E-state index in [4.69, 9.17) is 4.74 Å². The van der Waals surface area contributed by atoms with Crippen LogP contribution in [0.4, 0.5) is 4.39 Å². The molecule has 3 heteroatoms. The number of hydrogen-bond donors (Lipinski definition) is 0. The molecule has 0 radical (unpaired) electrons. The van der Waals surface area contributed by atoms with E-state index in [2.05, 4.69) is 38.1 Å². The van der Waals surface area contributed by atoms with Crippen LogP contribution in [0.2, 0.25) is 0 Å². The highest BCUT2D eigenvalue weighted by Gasteiger charge is 2.06. The maximum atomic E-state index is 12.2. The Balaban J connectivity index is 1.92. The molecule has 0 aliphatic rings. The van der Waals surface area contributed by atoms with E-state index in [1.165, 1.54) is 27.0 Å². The second-order valence-electron chi connectivity index (χ2n) is 5.27. The summed E-state index contributed by atoms with van der Waals surface area (Å²) < 4.78 is 18.3. The number of halogens is 1. The van der Waals surface area contributed by atoms with Crippen LogP contribution in [-0.2, 0) is 6.42 Å². The number of fused-ring (bicyclic) bond motifs is 1. The van der Waals surface area contributed by atoms with Gasteiger partial charge in [-0.25, -0.2) is 4.39 Å². The molecule has 0 saturated heterocycles. The van der Waals surface area contributed by atoms with Gasteiger partial charge in [-0.1, -0.05) is 23.8 Å². The van der Waals surface area contributed by atoms with E-state index in [0.717, 1.165) is 11.1 Å². The van der Waals surface area contributed by atoms with Crippen molar-refractivity contribution in [3.63, 3.8) is 0 Å². The van der Waals surface area contributed by atoms with Gasteiger partial charge in [-0.15, -0.1) is 11.3 Å². The molecule has 1 nitrogen and oxygen atoms in total. The van der Waals surface area contributed by atoms with Gasteiger partial charge in [0, 0.05) is 16.0 Å². The molecule has 0 unspecified atom stereocenters. The molecule has 1 aromatic heterocycles. The highest BCUT2D eigenvalue weighted by atomic mass is 32.1. The summed E-state index contributed by atoms with van der Waals surface area (Å²) in [6, 6.07) is 14.5. The molecular weight excluding hydrogens is 283 g/mol. The van der Waals surface area contributed by atoms with Crippen molar-refractivity contribution in [2.24, 2.45) is 0 Å².